The Morgan fingerprint density at radius 2 is 1.89 bits per heavy atom. The van der Waals surface area contributed by atoms with Crippen LogP contribution in [0.2, 0.25) is 0 Å². The summed E-state index contributed by atoms with van der Waals surface area (Å²) in [5, 5.41) is 0. The molecule has 0 heterocycles. The van der Waals surface area contributed by atoms with E-state index in [0.717, 1.165) is 11.1 Å². The second kappa shape index (κ2) is 5.61. The Kier molecular flexibility index (Phi) is 4.10. The standard InChI is InChI=1S/C15H11BrF2O/c1-9-6-12(17)4-2-10(9)8-15(19)11-3-5-14(18)13(16)7-11/h2-7H,8H2,1H3. The lowest BCUT2D eigenvalue weighted by Gasteiger charge is -2.06. The van der Waals surface area contributed by atoms with Crippen LogP contribution in [-0.4, -0.2) is 5.78 Å². The third kappa shape index (κ3) is 3.26. The number of carbonyl (C=O) groups excluding carboxylic acids is 1. The zero-order chi connectivity index (χ0) is 14.0. The number of carbonyl (C=O) groups is 1. The topological polar surface area (TPSA) is 17.1 Å². The predicted octanol–water partition coefficient (Wildman–Crippen LogP) is 4.46. The van der Waals surface area contributed by atoms with Crippen molar-refractivity contribution in [1.82, 2.24) is 0 Å². The van der Waals surface area contributed by atoms with Gasteiger partial charge >= 0.3 is 0 Å². The van der Waals surface area contributed by atoms with Gasteiger partial charge in [-0.3, -0.25) is 4.79 Å². The van der Waals surface area contributed by atoms with E-state index in [4.69, 9.17) is 0 Å². The summed E-state index contributed by atoms with van der Waals surface area (Å²) < 4.78 is 26.3. The van der Waals surface area contributed by atoms with Crippen LogP contribution in [0.5, 0.6) is 0 Å². The van der Waals surface area contributed by atoms with Crippen molar-refractivity contribution in [2.45, 2.75) is 13.3 Å². The van der Waals surface area contributed by atoms with Crippen LogP contribution < -0.4 is 0 Å². The van der Waals surface area contributed by atoms with Gasteiger partial charge in [0, 0.05) is 12.0 Å². The number of aryl methyl sites for hydroxylation is 1. The molecule has 0 aliphatic rings. The fourth-order valence-electron chi connectivity index (χ4n) is 1.80. The summed E-state index contributed by atoms with van der Waals surface area (Å²) >= 11 is 3.05. The second-order valence-corrected chi connectivity index (χ2v) is 5.15. The Balaban J connectivity index is 2.23. The Morgan fingerprint density at radius 3 is 2.53 bits per heavy atom. The van der Waals surface area contributed by atoms with Gasteiger partial charge in [-0.25, -0.2) is 8.78 Å². The molecule has 0 aliphatic heterocycles. The summed E-state index contributed by atoms with van der Waals surface area (Å²) in [5.74, 6) is -0.858. The summed E-state index contributed by atoms with van der Waals surface area (Å²) in [4.78, 5) is 12.1. The number of halogens is 3. The van der Waals surface area contributed by atoms with Crippen molar-refractivity contribution < 1.29 is 13.6 Å². The molecule has 0 fully saturated rings. The monoisotopic (exact) mass is 324 g/mol. The maximum absolute atomic E-state index is 13.1. The smallest absolute Gasteiger partial charge is 0.167 e. The first-order valence-electron chi connectivity index (χ1n) is 5.70. The van der Waals surface area contributed by atoms with Crippen LogP contribution in [0.1, 0.15) is 21.5 Å². The molecule has 0 bridgehead atoms. The van der Waals surface area contributed by atoms with Crippen molar-refractivity contribution in [2.24, 2.45) is 0 Å². The molecular formula is C15H11BrF2O. The molecule has 0 unspecified atom stereocenters. The lowest BCUT2D eigenvalue weighted by atomic mass is 9.99. The largest absolute Gasteiger partial charge is 0.294 e. The molecular weight excluding hydrogens is 314 g/mol. The molecule has 0 amide bonds. The minimum absolute atomic E-state index is 0.129. The van der Waals surface area contributed by atoms with Crippen LogP contribution in [0, 0.1) is 18.6 Å². The number of rotatable bonds is 3. The van der Waals surface area contributed by atoms with Crippen LogP contribution in [-0.2, 0) is 6.42 Å². The first kappa shape index (κ1) is 13.9. The quantitative estimate of drug-likeness (QED) is 0.762. The van der Waals surface area contributed by atoms with Gasteiger partial charge in [-0.2, -0.15) is 0 Å². The van der Waals surface area contributed by atoms with Crippen molar-refractivity contribution in [3.8, 4) is 0 Å². The molecule has 1 nitrogen and oxygen atoms in total. The van der Waals surface area contributed by atoms with Crippen molar-refractivity contribution in [1.29, 1.82) is 0 Å². The number of hydrogen-bond acceptors (Lipinski definition) is 1. The fourth-order valence-corrected chi connectivity index (χ4v) is 2.18. The van der Waals surface area contributed by atoms with E-state index < -0.39 is 5.82 Å². The average molecular weight is 325 g/mol. The predicted molar refractivity (Wildman–Crippen MR) is 73.3 cm³/mol. The number of hydrogen-bond donors (Lipinski definition) is 0. The molecule has 0 N–H and O–H groups in total. The molecule has 0 atom stereocenters. The van der Waals surface area contributed by atoms with Crippen LogP contribution in [0.25, 0.3) is 0 Å². The lowest BCUT2D eigenvalue weighted by molar-refractivity contribution is 0.0992. The van der Waals surface area contributed by atoms with E-state index in [1.807, 2.05) is 0 Å². The van der Waals surface area contributed by atoms with E-state index in [1.165, 1.54) is 30.3 Å². The maximum atomic E-state index is 13.1. The Labute approximate surface area is 118 Å². The number of ketones is 1. The van der Waals surface area contributed by atoms with E-state index in [1.54, 1.807) is 13.0 Å². The minimum Gasteiger partial charge on any atom is -0.294 e. The third-order valence-electron chi connectivity index (χ3n) is 2.90. The lowest BCUT2D eigenvalue weighted by Crippen LogP contribution is -2.05. The van der Waals surface area contributed by atoms with Gasteiger partial charge in [0.05, 0.1) is 4.47 Å². The summed E-state index contributed by atoms with van der Waals surface area (Å²) in [6.07, 6.45) is 0.171. The van der Waals surface area contributed by atoms with Crippen molar-refractivity contribution in [3.05, 3.63) is 69.2 Å². The summed E-state index contributed by atoms with van der Waals surface area (Å²) in [6.45, 7) is 1.76. The van der Waals surface area contributed by atoms with Crippen LogP contribution >= 0.6 is 15.9 Å². The molecule has 0 spiro atoms. The molecule has 0 aromatic heterocycles. The van der Waals surface area contributed by atoms with Crippen LogP contribution in [0.3, 0.4) is 0 Å². The Bertz CT molecular complexity index is 638. The van der Waals surface area contributed by atoms with Crippen molar-refractivity contribution in [3.63, 3.8) is 0 Å². The van der Waals surface area contributed by atoms with E-state index >= 15 is 0 Å². The van der Waals surface area contributed by atoms with E-state index in [0.29, 0.717) is 5.56 Å². The zero-order valence-electron chi connectivity index (χ0n) is 10.2. The molecule has 0 saturated carbocycles. The molecule has 0 radical (unpaired) electrons. The summed E-state index contributed by atoms with van der Waals surface area (Å²) in [5.41, 5.74) is 1.93. The SMILES string of the molecule is Cc1cc(F)ccc1CC(=O)c1ccc(F)c(Br)c1. The first-order valence-corrected chi connectivity index (χ1v) is 6.50. The van der Waals surface area contributed by atoms with Gasteiger partial charge in [-0.1, -0.05) is 6.07 Å². The molecule has 0 aliphatic carbocycles. The van der Waals surface area contributed by atoms with Gasteiger partial charge < -0.3 is 0 Å². The maximum Gasteiger partial charge on any atom is 0.167 e. The molecule has 4 heteroatoms. The van der Waals surface area contributed by atoms with Gasteiger partial charge in [0.15, 0.2) is 5.78 Å². The molecule has 19 heavy (non-hydrogen) atoms. The number of benzene rings is 2. The highest BCUT2D eigenvalue weighted by Gasteiger charge is 2.11. The van der Waals surface area contributed by atoms with Crippen molar-refractivity contribution in [2.75, 3.05) is 0 Å². The first-order chi connectivity index (χ1) is 8.97. The summed E-state index contributed by atoms with van der Waals surface area (Å²) in [7, 11) is 0. The molecule has 2 aromatic carbocycles. The highest BCUT2D eigenvalue weighted by molar-refractivity contribution is 9.10. The van der Waals surface area contributed by atoms with Gasteiger partial charge in [0.2, 0.25) is 0 Å². The zero-order valence-corrected chi connectivity index (χ0v) is 11.8. The molecule has 2 aromatic rings. The van der Waals surface area contributed by atoms with Gasteiger partial charge in [0.25, 0.3) is 0 Å². The molecule has 0 saturated heterocycles. The highest BCUT2D eigenvalue weighted by Crippen LogP contribution is 2.19. The van der Waals surface area contributed by atoms with Crippen LogP contribution in [0.15, 0.2) is 40.9 Å². The number of Topliss-reactive ketones (excluding diaryl/α,β-unsaturated/α-hetero) is 1. The van der Waals surface area contributed by atoms with E-state index in [9.17, 15) is 13.6 Å². The highest BCUT2D eigenvalue weighted by atomic mass is 79.9. The molecule has 98 valence electrons. The fraction of sp³-hybridized carbons (Fsp3) is 0.133. The average Bonchev–Trinajstić information content (AvgIpc) is 2.36. The minimum atomic E-state index is -0.408. The van der Waals surface area contributed by atoms with E-state index in [-0.39, 0.29) is 22.5 Å². The van der Waals surface area contributed by atoms with Crippen molar-refractivity contribution >= 4 is 21.7 Å². The molecule has 2 rings (SSSR count). The van der Waals surface area contributed by atoms with Crippen LogP contribution in [0.4, 0.5) is 8.78 Å². The second-order valence-electron chi connectivity index (χ2n) is 4.30. The Morgan fingerprint density at radius 1 is 1.16 bits per heavy atom. The third-order valence-corrected chi connectivity index (χ3v) is 3.50. The van der Waals surface area contributed by atoms with E-state index in [2.05, 4.69) is 15.9 Å². The Hall–Kier alpha value is -1.55. The van der Waals surface area contributed by atoms with Gasteiger partial charge in [-0.05, 0) is 64.3 Å². The summed E-state index contributed by atoms with van der Waals surface area (Å²) in [6, 6.07) is 8.47. The van der Waals surface area contributed by atoms with Gasteiger partial charge in [-0.15, -0.1) is 0 Å². The normalized spacial score (nSPS) is 10.5. The van der Waals surface area contributed by atoms with Gasteiger partial charge in [0.1, 0.15) is 11.6 Å².